The number of carbonyl (C=O) groups excluding carboxylic acids is 1. The Bertz CT molecular complexity index is 641. The molecule has 1 unspecified atom stereocenters. The van der Waals surface area contributed by atoms with E-state index in [2.05, 4.69) is 4.98 Å². The molecule has 0 radical (unpaired) electrons. The van der Waals surface area contributed by atoms with Crippen molar-refractivity contribution in [3.8, 4) is 0 Å². The fourth-order valence-corrected chi connectivity index (χ4v) is 3.92. The van der Waals surface area contributed by atoms with E-state index in [4.69, 9.17) is 14.6 Å². The first-order valence-electron chi connectivity index (χ1n) is 9.85. The van der Waals surface area contributed by atoms with E-state index in [0.29, 0.717) is 19.8 Å². The third kappa shape index (κ3) is 4.87. The zero-order valence-corrected chi connectivity index (χ0v) is 15.9. The van der Waals surface area contributed by atoms with Gasteiger partial charge in [-0.3, -0.25) is 9.59 Å². The van der Waals surface area contributed by atoms with Crippen molar-refractivity contribution in [2.45, 2.75) is 57.8 Å². The molecule has 1 N–H and O–H groups in total. The van der Waals surface area contributed by atoms with Gasteiger partial charge >= 0.3 is 5.97 Å². The molecule has 27 heavy (non-hydrogen) atoms. The second-order valence-electron chi connectivity index (χ2n) is 7.17. The summed E-state index contributed by atoms with van der Waals surface area (Å²) < 4.78 is 13.6. The van der Waals surface area contributed by atoms with E-state index in [9.17, 15) is 9.59 Å². The summed E-state index contributed by atoms with van der Waals surface area (Å²) in [6.45, 7) is 4.73. The number of amides is 1. The number of ether oxygens (including phenoxy) is 2. The fraction of sp³-hybridized carbons (Fsp3) is 0.737. The molecule has 8 heteroatoms. The van der Waals surface area contributed by atoms with E-state index < -0.39 is 12.1 Å². The molecule has 0 saturated carbocycles. The molecule has 2 aliphatic heterocycles. The molecule has 1 aromatic heterocycles. The van der Waals surface area contributed by atoms with E-state index in [-0.39, 0.29) is 30.9 Å². The van der Waals surface area contributed by atoms with Crippen LogP contribution in [0.3, 0.4) is 0 Å². The van der Waals surface area contributed by atoms with Gasteiger partial charge in [-0.25, -0.2) is 4.98 Å². The maximum atomic E-state index is 13.4. The highest BCUT2D eigenvalue weighted by Gasteiger charge is 2.38. The standard InChI is InChI=1S/C19H29N3O5/c1-2-21-10-8-20-18(21)17-15(6-4-12-27-17)19(25)22(9-7-16(23)24)13-14-5-3-11-26-14/h8,10,14-15,17H,2-7,9,11-13H2,1H3,(H,23,24)/t14?,15-,17-/m1/s1. The first-order chi connectivity index (χ1) is 13.1. The number of hydrogen-bond acceptors (Lipinski definition) is 5. The first-order valence-corrected chi connectivity index (χ1v) is 9.85. The van der Waals surface area contributed by atoms with Gasteiger partial charge in [0.2, 0.25) is 5.91 Å². The SMILES string of the molecule is CCn1ccnc1[C@@H]1OCCC[C@H]1C(=O)N(CCC(=O)O)CC1CCCO1. The number of nitrogens with zero attached hydrogens (tertiary/aromatic N) is 3. The minimum absolute atomic E-state index is 0.0108. The van der Waals surface area contributed by atoms with Gasteiger partial charge in [-0.1, -0.05) is 0 Å². The maximum absolute atomic E-state index is 13.4. The molecular weight excluding hydrogens is 350 g/mol. The highest BCUT2D eigenvalue weighted by atomic mass is 16.5. The fourth-order valence-electron chi connectivity index (χ4n) is 3.92. The molecule has 2 aliphatic rings. The molecule has 0 bridgehead atoms. The van der Waals surface area contributed by atoms with Crippen LogP contribution < -0.4 is 0 Å². The van der Waals surface area contributed by atoms with Crippen molar-refractivity contribution in [3.63, 3.8) is 0 Å². The lowest BCUT2D eigenvalue weighted by molar-refractivity contribution is -0.148. The van der Waals surface area contributed by atoms with Gasteiger partial charge in [0.1, 0.15) is 11.9 Å². The number of hydrogen-bond donors (Lipinski definition) is 1. The van der Waals surface area contributed by atoms with Crippen LogP contribution >= 0.6 is 0 Å². The average molecular weight is 379 g/mol. The van der Waals surface area contributed by atoms with Crippen molar-refractivity contribution in [3.05, 3.63) is 18.2 Å². The van der Waals surface area contributed by atoms with Crippen LogP contribution in [0.25, 0.3) is 0 Å². The van der Waals surface area contributed by atoms with Gasteiger partial charge in [0, 0.05) is 45.2 Å². The summed E-state index contributed by atoms with van der Waals surface area (Å²) in [6.07, 6.45) is 6.57. The number of imidazole rings is 1. The second kappa shape index (κ2) is 9.32. The largest absolute Gasteiger partial charge is 0.481 e. The van der Waals surface area contributed by atoms with Crippen LogP contribution in [0.15, 0.2) is 12.4 Å². The van der Waals surface area contributed by atoms with Gasteiger partial charge in [-0.2, -0.15) is 0 Å². The Hall–Kier alpha value is -1.93. The van der Waals surface area contributed by atoms with Crippen molar-refractivity contribution in [1.82, 2.24) is 14.5 Å². The number of aliphatic carboxylic acids is 1. The summed E-state index contributed by atoms with van der Waals surface area (Å²) in [7, 11) is 0. The number of carbonyl (C=O) groups is 2. The predicted octanol–water partition coefficient (Wildman–Crippen LogP) is 1.85. The lowest BCUT2D eigenvalue weighted by Gasteiger charge is -2.35. The quantitative estimate of drug-likeness (QED) is 0.741. The number of rotatable bonds is 8. The first kappa shape index (κ1) is 19.8. The Kier molecular flexibility index (Phi) is 6.84. The molecule has 0 aromatic carbocycles. The Morgan fingerprint density at radius 2 is 2.07 bits per heavy atom. The Labute approximate surface area is 159 Å². The molecular formula is C19H29N3O5. The lowest BCUT2D eigenvalue weighted by Crippen LogP contribution is -2.45. The molecule has 8 nitrogen and oxygen atoms in total. The molecule has 1 aromatic rings. The summed E-state index contributed by atoms with van der Waals surface area (Å²) in [6, 6.07) is 0. The second-order valence-corrected chi connectivity index (χ2v) is 7.17. The van der Waals surface area contributed by atoms with Crippen LogP contribution in [-0.2, 0) is 25.6 Å². The van der Waals surface area contributed by atoms with Crippen molar-refractivity contribution in [2.24, 2.45) is 5.92 Å². The number of carboxylic acids is 1. The van der Waals surface area contributed by atoms with Crippen LogP contribution in [0.4, 0.5) is 0 Å². The number of aromatic nitrogens is 2. The van der Waals surface area contributed by atoms with E-state index in [1.165, 1.54) is 0 Å². The van der Waals surface area contributed by atoms with E-state index in [1.54, 1.807) is 11.1 Å². The van der Waals surface area contributed by atoms with E-state index in [1.807, 2.05) is 17.7 Å². The minimum atomic E-state index is -0.905. The molecule has 150 valence electrons. The monoisotopic (exact) mass is 379 g/mol. The van der Waals surface area contributed by atoms with E-state index >= 15 is 0 Å². The molecule has 1 amide bonds. The van der Waals surface area contributed by atoms with Crippen LogP contribution in [0.5, 0.6) is 0 Å². The molecule has 3 rings (SSSR count). The topological polar surface area (TPSA) is 93.9 Å². The van der Waals surface area contributed by atoms with Crippen molar-refractivity contribution in [2.75, 3.05) is 26.3 Å². The Morgan fingerprint density at radius 3 is 2.78 bits per heavy atom. The Morgan fingerprint density at radius 1 is 1.30 bits per heavy atom. The summed E-state index contributed by atoms with van der Waals surface area (Å²) in [4.78, 5) is 30.5. The van der Waals surface area contributed by atoms with E-state index in [0.717, 1.165) is 38.1 Å². The van der Waals surface area contributed by atoms with Gasteiger partial charge in [0.15, 0.2) is 0 Å². The predicted molar refractivity (Wildman–Crippen MR) is 97.1 cm³/mol. The van der Waals surface area contributed by atoms with Crippen molar-refractivity contribution >= 4 is 11.9 Å². The maximum Gasteiger partial charge on any atom is 0.305 e. The summed E-state index contributed by atoms with van der Waals surface area (Å²) in [5.41, 5.74) is 0. The Balaban J connectivity index is 1.77. The summed E-state index contributed by atoms with van der Waals surface area (Å²) >= 11 is 0. The molecule has 3 atom stereocenters. The molecule has 2 saturated heterocycles. The number of carboxylic acid groups (broad SMARTS) is 1. The average Bonchev–Trinajstić information content (AvgIpc) is 3.35. The molecule has 2 fully saturated rings. The highest BCUT2D eigenvalue weighted by molar-refractivity contribution is 5.80. The molecule has 3 heterocycles. The molecule has 0 spiro atoms. The normalized spacial score (nSPS) is 25.4. The van der Waals surface area contributed by atoms with Gasteiger partial charge < -0.3 is 24.0 Å². The van der Waals surface area contributed by atoms with Crippen molar-refractivity contribution < 1.29 is 24.2 Å². The van der Waals surface area contributed by atoms with Crippen LogP contribution in [0, 0.1) is 5.92 Å². The van der Waals surface area contributed by atoms with Crippen LogP contribution in [-0.4, -0.2) is 63.8 Å². The third-order valence-electron chi connectivity index (χ3n) is 5.34. The van der Waals surface area contributed by atoms with Gasteiger partial charge in [-0.15, -0.1) is 0 Å². The summed E-state index contributed by atoms with van der Waals surface area (Å²) in [5, 5.41) is 9.08. The highest BCUT2D eigenvalue weighted by Crippen LogP contribution is 2.34. The zero-order valence-electron chi connectivity index (χ0n) is 15.9. The number of aryl methyl sites for hydroxylation is 1. The minimum Gasteiger partial charge on any atom is -0.481 e. The van der Waals surface area contributed by atoms with Gasteiger partial charge in [0.25, 0.3) is 0 Å². The smallest absolute Gasteiger partial charge is 0.305 e. The van der Waals surface area contributed by atoms with Gasteiger partial charge in [-0.05, 0) is 32.6 Å². The zero-order chi connectivity index (χ0) is 19.2. The third-order valence-corrected chi connectivity index (χ3v) is 5.34. The van der Waals surface area contributed by atoms with Gasteiger partial charge in [0.05, 0.1) is 18.4 Å². The summed E-state index contributed by atoms with van der Waals surface area (Å²) in [5.74, 6) is -0.535. The lowest BCUT2D eigenvalue weighted by atomic mass is 9.91. The molecule has 0 aliphatic carbocycles. The van der Waals surface area contributed by atoms with Crippen molar-refractivity contribution in [1.29, 1.82) is 0 Å². The van der Waals surface area contributed by atoms with Crippen LogP contribution in [0.1, 0.15) is 51.0 Å². The van der Waals surface area contributed by atoms with Crippen LogP contribution in [0.2, 0.25) is 0 Å².